The zero-order valence-electron chi connectivity index (χ0n) is 15.8. The van der Waals surface area contributed by atoms with Gasteiger partial charge in [-0.15, -0.1) is 0 Å². The first kappa shape index (κ1) is 17.2. The van der Waals surface area contributed by atoms with Gasteiger partial charge >= 0.3 is 6.03 Å². The van der Waals surface area contributed by atoms with Crippen molar-refractivity contribution in [3.63, 3.8) is 0 Å². The van der Waals surface area contributed by atoms with Crippen LogP contribution in [0.4, 0.5) is 21.9 Å². The molecule has 1 aromatic heterocycles. The first-order chi connectivity index (χ1) is 14.8. The van der Waals surface area contributed by atoms with Crippen molar-refractivity contribution in [3.8, 4) is 0 Å². The number of carbonyl (C=O) groups is 1. The monoisotopic (exact) mass is 408 g/mol. The molecule has 1 N–H and O–H groups in total. The van der Waals surface area contributed by atoms with Crippen LogP contribution in [0.3, 0.4) is 0 Å². The van der Waals surface area contributed by atoms with Crippen molar-refractivity contribution in [3.05, 3.63) is 91.0 Å². The third-order valence-electron chi connectivity index (χ3n) is 5.27. The summed E-state index contributed by atoms with van der Waals surface area (Å²) in [4.78, 5) is 17.2. The van der Waals surface area contributed by atoms with E-state index >= 15 is 0 Å². The molecule has 1 aliphatic rings. The number of rotatable bonds is 1. The Morgan fingerprint density at radius 3 is 2.13 bits per heavy atom. The van der Waals surface area contributed by atoms with Crippen LogP contribution in [0.5, 0.6) is 0 Å². The average molecular weight is 408 g/mol. The van der Waals surface area contributed by atoms with Crippen LogP contribution in [0.15, 0.2) is 105 Å². The Morgan fingerprint density at radius 1 is 0.733 bits per heavy atom. The fraction of sp³-hybridized carbons (Fsp3) is 0. The van der Waals surface area contributed by atoms with Crippen molar-refractivity contribution in [1.29, 1.82) is 0 Å². The molecular weight excluding hydrogens is 392 g/mol. The van der Waals surface area contributed by atoms with Gasteiger partial charge in [-0.05, 0) is 42.5 Å². The molecule has 0 saturated carbocycles. The maximum absolute atomic E-state index is 13.4. The molecule has 144 valence electrons. The molecule has 0 aliphatic carbocycles. The van der Waals surface area contributed by atoms with E-state index in [1.807, 2.05) is 91.0 Å². The Balaban J connectivity index is 1.40. The summed E-state index contributed by atoms with van der Waals surface area (Å²) in [5.74, 6) is 0. The zero-order valence-corrected chi connectivity index (χ0v) is 16.6. The maximum atomic E-state index is 13.4. The van der Waals surface area contributed by atoms with E-state index in [4.69, 9.17) is 4.42 Å². The number of nitrogens with one attached hydrogen (secondary N) is 1. The first-order valence-electron chi connectivity index (χ1n) is 9.66. The summed E-state index contributed by atoms with van der Waals surface area (Å²) in [5, 5.41) is 5.15. The lowest BCUT2D eigenvalue weighted by Gasteiger charge is -2.31. The minimum absolute atomic E-state index is 0.203. The van der Waals surface area contributed by atoms with Crippen molar-refractivity contribution in [2.75, 3.05) is 10.2 Å². The first-order valence-corrected chi connectivity index (χ1v) is 10.5. The molecule has 0 atom stereocenters. The molecule has 0 saturated heterocycles. The van der Waals surface area contributed by atoms with Gasteiger partial charge in [-0.1, -0.05) is 54.2 Å². The summed E-state index contributed by atoms with van der Waals surface area (Å²) in [7, 11) is 0. The highest BCUT2D eigenvalue weighted by Crippen LogP contribution is 2.48. The number of furan rings is 1. The zero-order chi connectivity index (χ0) is 20.1. The van der Waals surface area contributed by atoms with Crippen molar-refractivity contribution in [2.24, 2.45) is 0 Å². The van der Waals surface area contributed by atoms with Gasteiger partial charge in [-0.3, -0.25) is 4.90 Å². The Hall–Kier alpha value is -3.70. The van der Waals surface area contributed by atoms with E-state index in [1.54, 1.807) is 16.7 Å². The van der Waals surface area contributed by atoms with Crippen LogP contribution in [0.1, 0.15) is 0 Å². The number of hydrogen-bond acceptors (Lipinski definition) is 3. The van der Waals surface area contributed by atoms with Crippen molar-refractivity contribution >= 4 is 56.8 Å². The van der Waals surface area contributed by atoms with E-state index in [-0.39, 0.29) is 6.03 Å². The molecular formula is C25H16N2O2S. The molecule has 0 unspecified atom stereocenters. The lowest BCUT2D eigenvalue weighted by Crippen LogP contribution is -2.32. The fourth-order valence-corrected chi connectivity index (χ4v) is 4.96. The molecule has 0 bridgehead atoms. The number of urea groups is 1. The van der Waals surface area contributed by atoms with Crippen LogP contribution in [0, 0.1) is 0 Å². The van der Waals surface area contributed by atoms with Gasteiger partial charge in [0.15, 0.2) is 0 Å². The number of anilines is 3. The molecule has 6 rings (SSSR count). The molecule has 4 aromatic carbocycles. The quantitative estimate of drug-likeness (QED) is 0.314. The molecule has 5 aromatic rings. The molecule has 2 amide bonds. The highest BCUT2D eigenvalue weighted by atomic mass is 32.2. The van der Waals surface area contributed by atoms with E-state index < -0.39 is 0 Å². The predicted octanol–water partition coefficient (Wildman–Crippen LogP) is 7.42. The predicted molar refractivity (Wildman–Crippen MR) is 122 cm³/mol. The van der Waals surface area contributed by atoms with Crippen molar-refractivity contribution in [1.82, 2.24) is 0 Å². The van der Waals surface area contributed by atoms with Gasteiger partial charge in [0.25, 0.3) is 0 Å². The number of fused-ring (bicyclic) bond motifs is 5. The molecule has 0 radical (unpaired) electrons. The summed E-state index contributed by atoms with van der Waals surface area (Å²) in [6.07, 6.45) is 0. The van der Waals surface area contributed by atoms with Crippen molar-refractivity contribution < 1.29 is 9.21 Å². The molecule has 4 nitrogen and oxygen atoms in total. The molecule has 2 heterocycles. The minimum Gasteiger partial charge on any atom is -0.456 e. The van der Waals surface area contributed by atoms with Crippen molar-refractivity contribution in [2.45, 2.75) is 9.79 Å². The average Bonchev–Trinajstić information content (AvgIpc) is 3.15. The minimum atomic E-state index is -0.203. The summed E-state index contributed by atoms with van der Waals surface area (Å²) >= 11 is 1.68. The second kappa shape index (κ2) is 6.68. The molecule has 1 aliphatic heterocycles. The SMILES string of the molecule is O=C(Nc1ccc2c(c1)oc1ccccc12)N1c2ccccc2Sc2ccccc21. The molecule has 30 heavy (non-hydrogen) atoms. The highest BCUT2D eigenvalue weighted by Gasteiger charge is 2.28. The van der Waals surface area contributed by atoms with Gasteiger partial charge in [0, 0.05) is 32.3 Å². The van der Waals surface area contributed by atoms with Gasteiger partial charge < -0.3 is 9.73 Å². The topological polar surface area (TPSA) is 45.5 Å². The van der Waals surface area contributed by atoms with E-state index in [2.05, 4.69) is 5.32 Å². The third-order valence-corrected chi connectivity index (χ3v) is 6.40. The Morgan fingerprint density at radius 2 is 1.37 bits per heavy atom. The van der Waals surface area contributed by atoms with Crippen LogP contribution >= 0.6 is 11.8 Å². The van der Waals surface area contributed by atoms with Crippen LogP contribution in [0.25, 0.3) is 21.9 Å². The molecule has 0 fully saturated rings. The molecule has 5 heteroatoms. The lowest BCUT2D eigenvalue weighted by molar-refractivity contribution is 0.259. The second-order valence-electron chi connectivity index (χ2n) is 7.11. The number of carbonyl (C=O) groups excluding carboxylic acids is 1. The van der Waals surface area contributed by atoms with E-state index in [0.29, 0.717) is 5.69 Å². The van der Waals surface area contributed by atoms with Gasteiger partial charge in [-0.25, -0.2) is 4.79 Å². The van der Waals surface area contributed by atoms with Crippen LogP contribution in [-0.2, 0) is 0 Å². The van der Waals surface area contributed by atoms with Gasteiger partial charge in [0.1, 0.15) is 11.2 Å². The van der Waals surface area contributed by atoms with Gasteiger partial charge in [0.05, 0.1) is 11.4 Å². The third kappa shape index (κ3) is 2.67. The number of amides is 2. The van der Waals surface area contributed by atoms with E-state index in [0.717, 1.165) is 43.1 Å². The van der Waals surface area contributed by atoms with Gasteiger partial charge in [0.2, 0.25) is 0 Å². The Kier molecular flexibility index (Phi) is 3.82. The summed E-state index contributed by atoms with van der Waals surface area (Å²) in [6.45, 7) is 0. The number of nitrogens with zero attached hydrogens (tertiary/aromatic N) is 1. The fourth-order valence-electron chi connectivity index (χ4n) is 3.91. The number of para-hydroxylation sites is 3. The van der Waals surface area contributed by atoms with E-state index in [9.17, 15) is 4.79 Å². The van der Waals surface area contributed by atoms with Crippen LogP contribution in [-0.4, -0.2) is 6.03 Å². The largest absolute Gasteiger partial charge is 0.456 e. The smallest absolute Gasteiger partial charge is 0.331 e. The number of benzene rings is 4. The summed E-state index contributed by atoms with van der Waals surface area (Å²) in [6, 6.07) is 29.4. The van der Waals surface area contributed by atoms with E-state index in [1.165, 1.54) is 0 Å². The lowest BCUT2D eigenvalue weighted by atomic mass is 10.1. The normalized spacial score (nSPS) is 12.6. The summed E-state index contributed by atoms with van der Waals surface area (Å²) in [5.41, 5.74) is 4.04. The second-order valence-corrected chi connectivity index (χ2v) is 8.20. The summed E-state index contributed by atoms with van der Waals surface area (Å²) < 4.78 is 5.96. The van der Waals surface area contributed by atoms with Gasteiger partial charge in [-0.2, -0.15) is 0 Å². The highest BCUT2D eigenvalue weighted by molar-refractivity contribution is 7.99. The maximum Gasteiger partial charge on any atom is 0.331 e. The van der Waals surface area contributed by atoms with Crippen LogP contribution < -0.4 is 10.2 Å². The number of hydrogen-bond donors (Lipinski definition) is 1. The standard InChI is InChI=1S/C25H16N2O2S/c28-25(26-16-13-14-18-17-7-1-4-10-21(17)29-22(18)15-16)27-19-8-2-5-11-23(19)30-24-12-6-3-9-20(24)27/h1-15H,(H,26,28). The molecule has 0 spiro atoms. The Labute approximate surface area is 177 Å². The van der Waals surface area contributed by atoms with Crippen LogP contribution in [0.2, 0.25) is 0 Å². The Bertz CT molecular complexity index is 1390.